The van der Waals surface area contributed by atoms with E-state index in [0.29, 0.717) is 12.1 Å². The van der Waals surface area contributed by atoms with Crippen LogP contribution in [0.2, 0.25) is 0 Å². The Hall–Kier alpha value is -0.120. The molecule has 3 nitrogen and oxygen atoms in total. The predicted molar refractivity (Wildman–Crippen MR) is 70.8 cm³/mol. The van der Waals surface area contributed by atoms with Gasteiger partial charge in [0.2, 0.25) is 0 Å². The zero-order valence-electron chi connectivity index (χ0n) is 11.7. The van der Waals surface area contributed by atoms with Crippen molar-refractivity contribution in [1.29, 1.82) is 0 Å². The molecule has 1 aliphatic heterocycles. The molecule has 16 heavy (non-hydrogen) atoms. The highest BCUT2D eigenvalue weighted by Gasteiger charge is 2.25. The lowest BCUT2D eigenvalue weighted by Gasteiger charge is -2.42. The van der Waals surface area contributed by atoms with E-state index in [1.54, 1.807) is 0 Å². The molecule has 0 amide bonds. The van der Waals surface area contributed by atoms with E-state index < -0.39 is 0 Å². The quantitative estimate of drug-likeness (QED) is 0.713. The smallest absolute Gasteiger partial charge is 0.0195 e. The molecule has 1 saturated heterocycles. The zero-order chi connectivity index (χ0) is 12.1. The number of nitrogens with one attached hydrogen (secondary N) is 1. The Morgan fingerprint density at radius 1 is 1.19 bits per heavy atom. The molecule has 0 aromatic rings. The van der Waals surface area contributed by atoms with Crippen LogP contribution in [-0.2, 0) is 0 Å². The minimum Gasteiger partial charge on any atom is -0.315 e. The van der Waals surface area contributed by atoms with E-state index in [-0.39, 0.29) is 0 Å². The van der Waals surface area contributed by atoms with E-state index in [9.17, 15) is 0 Å². The lowest BCUT2D eigenvalue weighted by Crippen LogP contribution is -2.55. The van der Waals surface area contributed by atoms with Crippen molar-refractivity contribution < 1.29 is 0 Å². The highest BCUT2D eigenvalue weighted by molar-refractivity contribution is 4.82. The van der Waals surface area contributed by atoms with Gasteiger partial charge in [-0.1, -0.05) is 13.8 Å². The van der Waals surface area contributed by atoms with Crippen molar-refractivity contribution in [2.45, 2.75) is 39.8 Å². The first kappa shape index (κ1) is 13.9. The summed E-state index contributed by atoms with van der Waals surface area (Å²) in [5.74, 6) is 0.755. The fourth-order valence-electron chi connectivity index (χ4n) is 2.32. The van der Waals surface area contributed by atoms with Gasteiger partial charge in [-0.3, -0.25) is 9.80 Å². The molecule has 0 aromatic heterocycles. The molecule has 0 radical (unpaired) electrons. The van der Waals surface area contributed by atoms with Gasteiger partial charge in [0, 0.05) is 38.3 Å². The second-order valence-electron chi connectivity index (χ2n) is 5.72. The minimum absolute atomic E-state index is 0.689. The number of hydrogen-bond acceptors (Lipinski definition) is 3. The second-order valence-corrected chi connectivity index (χ2v) is 5.72. The van der Waals surface area contributed by atoms with Gasteiger partial charge in [-0.15, -0.1) is 0 Å². The average Bonchev–Trinajstić information content (AvgIpc) is 2.20. The normalized spacial score (nSPS) is 28.9. The first-order valence-corrected chi connectivity index (χ1v) is 6.65. The minimum atomic E-state index is 0.689. The van der Waals surface area contributed by atoms with Crippen molar-refractivity contribution in [2.24, 2.45) is 5.92 Å². The van der Waals surface area contributed by atoms with Gasteiger partial charge in [0.25, 0.3) is 0 Å². The molecular formula is C13H29N3. The maximum Gasteiger partial charge on any atom is 0.0195 e. The van der Waals surface area contributed by atoms with E-state index >= 15 is 0 Å². The first-order valence-electron chi connectivity index (χ1n) is 6.65. The van der Waals surface area contributed by atoms with Crippen LogP contribution in [-0.4, -0.2) is 61.7 Å². The van der Waals surface area contributed by atoms with Crippen molar-refractivity contribution >= 4 is 0 Å². The molecule has 2 atom stereocenters. The van der Waals surface area contributed by atoms with Crippen molar-refractivity contribution in [3.63, 3.8) is 0 Å². The summed E-state index contributed by atoms with van der Waals surface area (Å²) in [4.78, 5) is 5.07. The van der Waals surface area contributed by atoms with E-state index in [4.69, 9.17) is 0 Å². The molecule has 1 heterocycles. The molecule has 0 aliphatic carbocycles. The van der Waals surface area contributed by atoms with Crippen LogP contribution < -0.4 is 5.32 Å². The molecule has 2 unspecified atom stereocenters. The van der Waals surface area contributed by atoms with Gasteiger partial charge >= 0.3 is 0 Å². The van der Waals surface area contributed by atoms with Gasteiger partial charge in [-0.05, 0) is 33.4 Å². The molecule has 1 fully saturated rings. The molecule has 1 rings (SSSR count). The van der Waals surface area contributed by atoms with Crippen LogP contribution >= 0.6 is 0 Å². The third-order valence-corrected chi connectivity index (χ3v) is 3.59. The summed E-state index contributed by atoms with van der Waals surface area (Å²) >= 11 is 0. The maximum atomic E-state index is 3.52. The third-order valence-electron chi connectivity index (χ3n) is 3.59. The monoisotopic (exact) mass is 227 g/mol. The Morgan fingerprint density at radius 2 is 1.75 bits per heavy atom. The topological polar surface area (TPSA) is 18.5 Å². The Kier molecular flexibility index (Phi) is 5.73. The van der Waals surface area contributed by atoms with Crippen molar-refractivity contribution in [3.05, 3.63) is 0 Å². The third kappa shape index (κ3) is 4.40. The molecule has 0 saturated carbocycles. The lowest BCUT2D eigenvalue weighted by atomic mass is 10.1. The summed E-state index contributed by atoms with van der Waals surface area (Å²) in [7, 11) is 2.24. The molecule has 1 aliphatic rings. The fraction of sp³-hybridized carbons (Fsp3) is 1.00. The van der Waals surface area contributed by atoms with Gasteiger partial charge in [-0.25, -0.2) is 0 Å². The van der Waals surface area contributed by atoms with Gasteiger partial charge in [0.1, 0.15) is 0 Å². The van der Waals surface area contributed by atoms with Crippen LogP contribution in [0.5, 0.6) is 0 Å². The van der Waals surface area contributed by atoms with Crippen molar-refractivity contribution in [3.8, 4) is 0 Å². The first-order chi connectivity index (χ1) is 7.50. The van der Waals surface area contributed by atoms with Crippen molar-refractivity contribution in [1.82, 2.24) is 15.1 Å². The van der Waals surface area contributed by atoms with Crippen LogP contribution in [0, 0.1) is 5.92 Å². The summed E-state index contributed by atoms with van der Waals surface area (Å²) in [6.45, 7) is 15.0. The second kappa shape index (κ2) is 6.58. The van der Waals surface area contributed by atoms with Crippen LogP contribution in [0.1, 0.15) is 27.7 Å². The van der Waals surface area contributed by atoms with Crippen LogP contribution in [0.25, 0.3) is 0 Å². The molecule has 0 aromatic carbocycles. The average molecular weight is 227 g/mol. The lowest BCUT2D eigenvalue weighted by molar-refractivity contribution is 0.0607. The SMILES string of the molecule is CC(C)CNCCN1CC(C)N(C)C(C)C1. The molecule has 0 bridgehead atoms. The Labute approximate surface area is 101 Å². The summed E-state index contributed by atoms with van der Waals surface area (Å²) in [6, 6.07) is 1.38. The highest BCUT2D eigenvalue weighted by atomic mass is 15.3. The van der Waals surface area contributed by atoms with E-state index in [1.165, 1.54) is 19.6 Å². The van der Waals surface area contributed by atoms with Gasteiger partial charge in [0.05, 0.1) is 0 Å². The summed E-state index contributed by atoms with van der Waals surface area (Å²) in [5.41, 5.74) is 0. The number of piperazine rings is 1. The Morgan fingerprint density at radius 3 is 2.25 bits per heavy atom. The fourth-order valence-corrected chi connectivity index (χ4v) is 2.32. The largest absolute Gasteiger partial charge is 0.315 e. The molecule has 0 spiro atoms. The number of likely N-dealkylation sites (N-methyl/N-ethyl adjacent to an activating group) is 1. The van der Waals surface area contributed by atoms with Gasteiger partial charge in [0.15, 0.2) is 0 Å². The Balaban J connectivity index is 2.18. The van der Waals surface area contributed by atoms with Crippen LogP contribution in [0.15, 0.2) is 0 Å². The predicted octanol–water partition coefficient (Wildman–Crippen LogP) is 1.26. The van der Waals surface area contributed by atoms with Crippen LogP contribution in [0.4, 0.5) is 0 Å². The van der Waals surface area contributed by atoms with E-state index in [2.05, 4.69) is 49.9 Å². The standard InChI is InChI=1S/C13H29N3/c1-11(2)8-14-6-7-16-9-12(3)15(5)13(4)10-16/h11-14H,6-10H2,1-5H3. The summed E-state index contributed by atoms with van der Waals surface area (Å²) < 4.78 is 0. The summed E-state index contributed by atoms with van der Waals surface area (Å²) in [5, 5.41) is 3.52. The molecule has 3 heteroatoms. The van der Waals surface area contributed by atoms with Gasteiger partial charge < -0.3 is 5.32 Å². The zero-order valence-corrected chi connectivity index (χ0v) is 11.7. The number of rotatable bonds is 5. The summed E-state index contributed by atoms with van der Waals surface area (Å²) in [6.07, 6.45) is 0. The highest BCUT2D eigenvalue weighted by Crippen LogP contribution is 2.12. The Bertz CT molecular complexity index is 182. The van der Waals surface area contributed by atoms with Crippen molar-refractivity contribution in [2.75, 3.05) is 39.8 Å². The van der Waals surface area contributed by atoms with Crippen LogP contribution in [0.3, 0.4) is 0 Å². The number of hydrogen-bond donors (Lipinski definition) is 1. The molecular weight excluding hydrogens is 198 g/mol. The van der Waals surface area contributed by atoms with E-state index in [1.807, 2.05) is 0 Å². The number of nitrogens with zero attached hydrogens (tertiary/aromatic N) is 2. The molecule has 1 N–H and O–H groups in total. The van der Waals surface area contributed by atoms with Gasteiger partial charge in [-0.2, -0.15) is 0 Å². The molecule has 96 valence electrons. The van der Waals surface area contributed by atoms with E-state index in [0.717, 1.165) is 19.0 Å². The maximum absolute atomic E-state index is 3.52.